The average Bonchev–Trinajstić information content (AvgIpc) is 3.42. The summed E-state index contributed by atoms with van der Waals surface area (Å²) in [5, 5.41) is 11.3. The lowest BCUT2D eigenvalue weighted by atomic mass is 9.95. The van der Waals surface area contributed by atoms with E-state index in [4.69, 9.17) is 13.9 Å². The minimum absolute atomic E-state index is 0.000565. The number of methoxy groups -OCH3 is 1. The molecule has 1 aliphatic heterocycles. The number of amides is 1. The number of nitrogens with zero attached hydrogens (tertiary/aromatic N) is 1. The molecule has 176 valence electrons. The maximum atomic E-state index is 13.2. The summed E-state index contributed by atoms with van der Waals surface area (Å²) in [6.07, 6.45) is 1.47. The Hall–Kier alpha value is -4.00. The molecule has 1 saturated heterocycles. The third kappa shape index (κ3) is 4.05. The number of hydrogen-bond donors (Lipinski definition) is 1. The van der Waals surface area contributed by atoms with Gasteiger partial charge in [-0.15, -0.1) is 0 Å². The fourth-order valence-electron chi connectivity index (χ4n) is 4.18. The summed E-state index contributed by atoms with van der Waals surface area (Å²) in [5.41, 5.74) is 2.41. The summed E-state index contributed by atoms with van der Waals surface area (Å²) in [7, 11) is 1.57. The van der Waals surface area contributed by atoms with Crippen molar-refractivity contribution < 1.29 is 28.6 Å². The van der Waals surface area contributed by atoms with E-state index >= 15 is 0 Å². The van der Waals surface area contributed by atoms with E-state index in [9.17, 15) is 14.7 Å². The number of anilines is 1. The van der Waals surface area contributed by atoms with Gasteiger partial charge in [-0.2, -0.15) is 0 Å². The van der Waals surface area contributed by atoms with Crippen LogP contribution in [0.1, 0.15) is 42.3 Å². The van der Waals surface area contributed by atoms with Crippen LogP contribution in [0.2, 0.25) is 0 Å². The van der Waals surface area contributed by atoms with E-state index in [0.717, 1.165) is 5.56 Å². The molecule has 0 saturated carbocycles. The average molecular weight is 462 g/mol. The zero-order valence-corrected chi connectivity index (χ0v) is 19.8. The molecule has 34 heavy (non-hydrogen) atoms. The Balaban J connectivity index is 1.86. The maximum Gasteiger partial charge on any atom is 0.300 e. The predicted octanol–water partition coefficient (Wildman–Crippen LogP) is 5.32. The molecular formula is C27H27NO6. The molecular weight excluding hydrogens is 434 g/mol. The first kappa shape index (κ1) is 23.2. The van der Waals surface area contributed by atoms with Gasteiger partial charge in [0.2, 0.25) is 0 Å². The van der Waals surface area contributed by atoms with Crippen LogP contribution in [-0.4, -0.2) is 30.0 Å². The lowest BCUT2D eigenvalue weighted by Gasteiger charge is -2.24. The first-order valence-corrected chi connectivity index (χ1v) is 11.0. The van der Waals surface area contributed by atoms with Crippen LogP contribution in [0.15, 0.2) is 64.8 Å². The van der Waals surface area contributed by atoms with Crippen LogP contribution in [0, 0.1) is 13.8 Å². The van der Waals surface area contributed by atoms with Crippen molar-refractivity contribution >= 4 is 23.1 Å². The van der Waals surface area contributed by atoms with Crippen molar-refractivity contribution in [1.29, 1.82) is 0 Å². The number of aliphatic hydroxyl groups is 1. The van der Waals surface area contributed by atoms with Crippen LogP contribution < -0.4 is 14.4 Å². The third-order valence-corrected chi connectivity index (χ3v) is 5.74. The molecule has 0 aliphatic carbocycles. The number of rotatable bonds is 6. The van der Waals surface area contributed by atoms with Gasteiger partial charge in [-0.1, -0.05) is 0 Å². The Kier molecular flexibility index (Phi) is 6.20. The zero-order valence-electron chi connectivity index (χ0n) is 19.8. The molecule has 0 spiro atoms. The monoisotopic (exact) mass is 461 g/mol. The summed E-state index contributed by atoms with van der Waals surface area (Å²) in [6, 6.07) is 12.9. The van der Waals surface area contributed by atoms with E-state index in [2.05, 4.69) is 0 Å². The van der Waals surface area contributed by atoms with Crippen LogP contribution in [0.25, 0.3) is 5.76 Å². The van der Waals surface area contributed by atoms with Crippen LogP contribution in [0.3, 0.4) is 0 Å². The van der Waals surface area contributed by atoms with Gasteiger partial charge in [-0.05, 0) is 87.4 Å². The second kappa shape index (κ2) is 9.09. The van der Waals surface area contributed by atoms with Crippen LogP contribution in [0.5, 0.6) is 11.5 Å². The van der Waals surface area contributed by atoms with E-state index in [1.54, 1.807) is 55.6 Å². The number of aliphatic hydroxyl groups excluding tert-OH is 1. The minimum atomic E-state index is -0.923. The van der Waals surface area contributed by atoms with Crippen LogP contribution in [0.4, 0.5) is 5.69 Å². The van der Waals surface area contributed by atoms with Gasteiger partial charge in [0.15, 0.2) is 0 Å². The highest BCUT2D eigenvalue weighted by Gasteiger charge is 2.48. The molecule has 3 aromatic rings. The van der Waals surface area contributed by atoms with Gasteiger partial charge in [-0.3, -0.25) is 14.5 Å². The van der Waals surface area contributed by atoms with E-state index in [0.29, 0.717) is 34.1 Å². The number of Topliss-reactive ketones (excluding diaryl/α,β-unsaturated/α-hetero) is 1. The van der Waals surface area contributed by atoms with Crippen LogP contribution in [-0.2, 0) is 9.59 Å². The number of ketones is 1. The van der Waals surface area contributed by atoms with E-state index in [1.807, 2.05) is 27.7 Å². The van der Waals surface area contributed by atoms with Gasteiger partial charge >= 0.3 is 0 Å². The molecule has 2 heterocycles. The van der Waals surface area contributed by atoms with Crippen LogP contribution >= 0.6 is 0 Å². The van der Waals surface area contributed by atoms with Crippen molar-refractivity contribution in [1.82, 2.24) is 0 Å². The Labute approximate surface area is 198 Å². The maximum absolute atomic E-state index is 13.2. The molecule has 1 atom stereocenters. The number of carbonyl (C=O) groups excluding carboxylic acids is 2. The molecule has 1 aliphatic rings. The zero-order chi connectivity index (χ0) is 24.6. The van der Waals surface area contributed by atoms with Gasteiger partial charge in [0.05, 0.1) is 25.1 Å². The van der Waals surface area contributed by atoms with E-state index in [-0.39, 0.29) is 17.4 Å². The topological polar surface area (TPSA) is 89.2 Å². The molecule has 2 aromatic carbocycles. The molecule has 0 bridgehead atoms. The Morgan fingerprint density at radius 2 is 1.76 bits per heavy atom. The van der Waals surface area contributed by atoms with Crippen molar-refractivity contribution in [2.75, 3.05) is 12.0 Å². The van der Waals surface area contributed by atoms with Gasteiger partial charge in [-0.25, -0.2) is 0 Å². The van der Waals surface area contributed by atoms with Crippen molar-refractivity contribution in [2.45, 2.75) is 39.8 Å². The number of aryl methyl sites for hydroxylation is 2. The van der Waals surface area contributed by atoms with Crippen molar-refractivity contribution in [3.05, 3.63) is 82.8 Å². The quantitative estimate of drug-likeness (QED) is 0.304. The standard InChI is InChI=1S/C27H27NO6/c1-15(2)34-19-10-8-18(9-11-19)28-24(21-7-6-12-33-21)23(26(30)27(28)31)25(29)20-13-17(4)22(32-5)14-16(20)3/h6-15,24,29H,1-5H3/b25-23-. The summed E-state index contributed by atoms with van der Waals surface area (Å²) in [5.74, 6) is -0.107. The summed E-state index contributed by atoms with van der Waals surface area (Å²) < 4.78 is 16.7. The molecule has 4 rings (SSSR count). The van der Waals surface area contributed by atoms with Crippen molar-refractivity contribution in [3.63, 3.8) is 0 Å². The number of furan rings is 1. The predicted molar refractivity (Wildman–Crippen MR) is 128 cm³/mol. The van der Waals surface area contributed by atoms with Gasteiger partial charge in [0.1, 0.15) is 29.1 Å². The number of hydrogen-bond acceptors (Lipinski definition) is 6. The van der Waals surface area contributed by atoms with Gasteiger partial charge in [0.25, 0.3) is 11.7 Å². The Morgan fingerprint density at radius 3 is 2.35 bits per heavy atom. The SMILES string of the molecule is COc1cc(C)c(/C(O)=C2/C(=O)C(=O)N(c3ccc(OC(C)C)cc3)C2c2ccco2)cc1C. The van der Waals surface area contributed by atoms with Gasteiger partial charge in [0, 0.05) is 11.3 Å². The molecule has 7 nitrogen and oxygen atoms in total. The normalized spacial score (nSPS) is 17.5. The molecule has 7 heteroatoms. The molecule has 0 radical (unpaired) electrons. The van der Waals surface area contributed by atoms with Crippen molar-refractivity contribution in [3.8, 4) is 11.5 Å². The summed E-state index contributed by atoms with van der Waals surface area (Å²) in [6.45, 7) is 7.50. The fourth-order valence-corrected chi connectivity index (χ4v) is 4.18. The smallest absolute Gasteiger partial charge is 0.300 e. The molecule has 1 unspecified atom stereocenters. The Bertz CT molecular complexity index is 1260. The van der Waals surface area contributed by atoms with E-state index < -0.39 is 17.7 Å². The highest BCUT2D eigenvalue weighted by atomic mass is 16.5. The number of carbonyl (C=O) groups is 2. The lowest BCUT2D eigenvalue weighted by molar-refractivity contribution is -0.132. The van der Waals surface area contributed by atoms with Gasteiger partial charge < -0.3 is 19.0 Å². The summed E-state index contributed by atoms with van der Waals surface area (Å²) >= 11 is 0. The molecule has 1 aromatic heterocycles. The molecule has 1 N–H and O–H groups in total. The fraction of sp³-hybridized carbons (Fsp3) is 0.259. The number of benzene rings is 2. The molecule has 1 amide bonds. The number of ether oxygens (including phenoxy) is 2. The highest BCUT2D eigenvalue weighted by molar-refractivity contribution is 6.51. The van der Waals surface area contributed by atoms with E-state index in [1.165, 1.54) is 11.2 Å². The lowest BCUT2D eigenvalue weighted by Crippen LogP contribution is -2.29. The minimum Gasteiger partial charge on any atom is -0.507 e. The second-order valence-electron chi connectivity index (χ2n) is 8.48. The Morgan fingerprint density at radius 1 is 1.06 bits per heavy atom. The largest absolute Gasteiger partial charge is 0.507 e. The summed E-state index contributed by atoms with van der Waals surface area (Å²) in [4.78, 5) is 27.8. The third-order valence-electron chi connectivity index (χ3n) is 5.74. The first-order valence-electron chi connectivity index (χ1n) is 11.0. The highest BCUT2D eigenvalue weighted by Crippen LogP contribution is 2.43. The molecule has 1 fully saturated rings. The second-order valence-corrected chi connectivity index (χ2v) is 8.48. The van der Waals surface area contributed by atoms with Crippen molar-refractivity contribution in [2.24, 2.45) is 0 Å². The first-order chi connectivity index (χ1) is 16.2.